The minimum Gasteiger partial charge on any atom is -0.447 e. The number of ether oxygens (including phenoxy) is 1. The summed E-state index contributed by atoms with van der Waals surface area (Å²) in [6.07, 6.45) is 1.63. The lowest BCUT2D eigenvalue weighted by Gasteiger charge is -2.13. The Morgan fingerprint density at radius 3 is 2.43 bits per heavy atom. The van der Waals surface area contributed by atoms with Gasteiger partial charge in [0.1, 0.15) is 18.2 Å². The lowest BCUT2D eigenvalue weighted by Crippen LogP contribution is -2.23. The largest absolute Gasteiger partial charge is 0.447 e. The van der Waals surface area contributed by atoms with Gasteiger partial charge in [0.05, 0.1) is 18.9 Å². The number of pyridine rings is 1. The first-order valence-corrected chi connectivity index (χ1v) is 7.17. The van der Waals surface area contributed by atoms with Crippen molar-refractivity contribution in [3.63, 3.8) is 0 Å². The van der Waals surface area contributed by atoms with Gasteiger partial charge in [-0.2, -0.15) is 0 Å². The van der Waals surface area contributed by atoms with Crippen molar-refractivity contribution >= 4 is 11.8 Å². The number of nitrogens with one attached hydrogen (secondary N) is 1. The van der Waals surface area contributed by atoms with E-state index in [0.29, 0.717) is 19.7 Å². The first-order valence-electron chi connectivity index (χ1n) is 7.17. The maximum Gasteiger partial charge on any atom is 0.414 e. The molecule has 23 heavy (non-hydrogen) atoms. The molecule has 2 aromatic rings. The molecule has 2 heterocycles. The summed E-state index contributed by atoms with van der Waals surface area (Å²) in [5, 5.41) is 2.98. The van der Waals surface area contributed by atoms with Gasteiger partial charge in [0.25, 0.3) is 0 Å². The Kier molecular flexibility index (Phi) is 4.47. The summed E-state index contributed by atoms with van der Waals surface area (Å²) in [7, 11) is 0. The van der Waals surface area contributed by atoms with Crippen LogP contribution < -0.4 is 10.2 Å². The standard InChI is InChI=1S/C16H15F2N3O2/c17-14-9-20-10-15(18)13(14)8-19-7-11-1-3-12(4-2-11)21-5-6-23-16(21)22/h1-4,9-10,19H,5-8H2. The number of carbonyl (C=O) groups is 1. The van der Waals surface area contributed by atoms with E-state index in [9.17, 15) is 13.6 Å². The Morgan fingerprint density at radius 2 is 1.83 bits per heavy atom. The summed E-state index contributed by atoms with van der Waals surface area (Å²) in [5.74, 6) is -1.33. The topological polar surface area (TPSA) is 54.5 Å². The number of amides is 1. The third-order valence-corrected chi connectivity index (χ3v) is 3.59. The third-order valence-electron chi connectivity index (χ3n) is 3.59. The zero-order chi connectivity index (χ0) is 16.2. The number of halogens is 2. The Morgan fingerprint density at radius 1 is 1.13 bits per heavy atom. The molecule has 1 aliphatic heterocycles. The first-order chi connectivity index (χ1) is 11.1. The van der Waals surface area contributed by atoms with E-state index in [1.54, 1.807) is 4.90 Å². The molecule has 0 saturated carbocycles. The maximum absolute atomic E-state index is 13.4. The zero-order valence-electron chi connectivity index (χ0n) is 12.3. The van der Waals surface area contributed by atoms with Crippen LogP contribution in [-0.4, -0.2) is 24.2 Å². The number of cyclic esters (lactones) is 1. The molecule has 5 nitrogen and oxygen atoms in total. The fourth-order valence-electron chi connectivity index (χ4n) is 2.36. The van der Waals surface area contributed by atoms with Crippen LogP contribution in [0.1, 0.15) is 11.1 Å². The van der Waals surface area contributed by atoms with E-state index in [2.05, 4.69) is 10.3 Å². The smallest absolute Gasteiger partial charge is 0.414 e. The van der Waals surface area contributed by atoms with Crippen LogP contribution in [-0.2, 0) is 17.8 Å². The predicted octanol–water partition coefficient (Wildman–Crippen LogP) is 2.61. The van der Waals surface area contributed by atoms with Crippen molar-refractivity contribution in [1.29, 1.82) is 0 Å². The van der Waals surface area contributed by atoms with E-state index in [-0.39, 0.29) is 18.2 Å². The monoisotopic (exact) mass is 319 g/mol. The van der Waals surface area contributed by atoms with Crippen LogP contribution in [0.3, 0.4) is 0 Å². The summed E-state index contributed by atoms with van der Waals surface area (Å²) < 4.78 is 31.8. The molecule has 3 rings (SSSR count). The highest BCUT2D eigenvalue weighted by atomic mass is 19.1. The summed E-state index contributed by atoms with van der Waals surface area (Å²) in [6, 6.07) is 7.34. The molecule has 1 aliphatic rings. The number of rotatable bonds is 5. The van der Waals surface area contributed by atoms with Gasteiger partial charge >= 0.3 is 6.09 Å². The fourth-order valence-corrected chi connectivity index (χ4v) is 2.36. The van der Waals surface area contributed by atoms with E-state index in [1.165, 1.54) is 0 Å². The van der Waals surface area contributed by atoms with Crippen molar-refractivity contribution in [1.82, 2.24) is 10.3 Å². The summed E-state index contributed by atoms with van der Waals surface area (Å²) >= 11 is 0. The molecule has 1 aromatic heterocycles. The summed E-state index contributed by atoms with van der Waals surface area (Å²) in [4.78, 5) is 16.5. The Labute approximate surface area is 131 Å². The van der Waals surface area contributed by atoms with Gasteiger partial charge in [-0.15, -0.1) is 0 Å². The van der Waals surface area contributed by atoms with Crippen LogP contribution in [0.2, 0.25) is 0 Å². The van der Waals surface area contributed by atoms with Gasteiger partial charge < -0.3 is 10.1 Å². The number of hydrogen-bond acceptors (Lipinski definition) is 4. The van der Waals surface area contributed by atoms with Crippen LogP contribution in [0.15, 0.2) is 36.7 Å². The highest BCUT2D eigenvalue weighted by Crippen LogP contribution is 2.19. The molecular formula is C16H15F2N3O2. The highest BCUT2D eigenvalue weighted by molar-refractivity contribution is 5.89. The summed E-state index contributed by atoms with van der Waals surface area (Å²) in [5.41, 5.74) is 1.68. The lowest BCUT2D eigenvalue weighted by molar-refractivity contribution is 0.181. The quantitative estimate of drug-likeness (QED) is 0.920. The normalized spacial score (nSPS) is 14.2. The molecule has 120 valence electrons. The van der Waals surface area contributed by atoms with Crippen LogP contribution in [0.4, 0.5) is 19.3 Å². The van der Waals surface area contributed by atoms with Crippen molar-refractivity contribution < 1.29 is 18.3 Å². The molecule has 1 saturated heterocycles. The highest BCUT2D eigenvalue weighted by Gasteiger charge is 2.23. The Bertz CT molecular complexity index is 687. The predicted molar refractivity (Wildman–Crippen MR) is 79.8 cm³/mol. The molecule has 0 unspecified atom stereocenters. The molecule has 0 radical (unpaired) electrons. The first kappa shape index (κ1) is 15.4. The van der Waals surface area contributed by atoms with Crippen molar-refractivity contribution in [2.45, 2.75) is 13.1 Å². The SMILES string of the molecule is O=C1OCCN1c1ccc(CNCc2c(F)cncc2F)cc1. The van der Waals surface area contributed by atoms with Crippen LogP contribution in [0, 0.1) is 11.6 Å². The number of hydrogen-bond donors (Lipinski definition) is 1. The molecular weight excluding hydrogens is 304 g/mol. The molecule has 0 spiro atoms. The van der Waals surface area contributed by atoms with Gasteiger partial charge in [-0.25, -0.2) is 13.6 Å². The number of anilines is 1. The van der Waals surface area contributed by atoms with Crippen molar-refractivity contribution in [2.75, 3.05) is 18.1 Å². The number of carbonyl (C=O) groups excluding carboxylic acids is 1. The van der Waals surface area contributed by atoms with E-state index < -0.39 is 11.6 Å². The molecule has 0 atom stereocenters. The van der Waals surface area contributed by atoms with E-state index in [1.807, 2.05) is 24.3 Å². The second-order valence-electron chi connectivity index (χ2n) is 5.12. The number of benzene rings is 1. The molecule has 1 amide bonds. The van der Waals surface area contributed by atoms with Crippen LogP contribution in [0.25, 0.3) is 0 Å². The maximum atomic E-state index is 13.4. The molecule has 1 aromatic carbocycles. The van der Waals surface area contributed by atoms with Gasteiger partial charge in [-0.3, -0.25) is 9.88 Å². The average Bonchev–Trinajstić information content (AvgIpc) is 2.97. The van der Waals surface area contributed by atoms with Crippen molar-refractivity contribution in [3.05, 3.63) is 59.4 Å². The molecule has 0 aliphatic carbocycles. The minimum atomic E-state index is -0.666. The van der Waals surface area contributed by atoms with Crippen molar-refractivity contribution in [2.24, 2.45) is 0 Å². The second-order valence-corrected chi connectivity index (χ2v) is 5.12. The van der Waals surface area contributed by atoms with E-state index in [0.717, 1.165) is 23.6 Å². The van der Waals surface area contributed by atoms with Crippen LogP contribution >= 0.6 is 0 Å². The summed E-state index contributed by atoms with van der Waals surface area (Å²) in [6.45, 7) is 1.45. The number of nitrogens with zero attached hydrogens (tertiary/aromatic N) is 2. The van der Waals surface area contributed by atoms with Gasteiger partial charge in [0.15, 0.2) is 0 Å². The zero-order valence-corrected chi connectivity index (χ0v) is 12.3. The third kappa shape index (κ3) is 3.45. The Hall–Kier alpha value is -2.54. The average molecular weight is 319 g/mol. The Balaban J connectivity index is 1.58. The van der Waals surface area contributed by atoms with E-state index >= 15 is 0 Å². The van der Waals surface area contributed by atoms with Gasteiger partial charge in [-0.05, 0) is 17.7 Å². The molecule has 0 bridgehead atoms. The van der Waals surface area contributed by atoms with Gasteiger partial charge in [-0.1, -0.05) is 12.1 Å². The van der Waals surface area contributed by atoms with Crippen molar-refractivity contribution in [3.8, 4) is 0 Å². The minimum absolute atomic E-state index is 0.0311. The fraction of sp³-hybridized carbons (Fsp3) is 0.250. The molecule has 1 N–H and O–H groups in total. The molecule has 1 fully saturated rings. The lowest BCUT2D eigenvalue weighted by atomic mass is 10.2. The van der Waals surface area contributed by atoms with E-state index in [4.69, 9.17) is 4.74 Å². The van der Waals surface area contributed by atoms with Gasteiger partial charge in [0, 0.05) is 24.3 Å². The molecule has 7 heteroatoms. The van der Waals surface area contributed by atoms with Gasteiger partial charge in [0.2, 0.25) is 0 Å². The van der Waals surface area contributed by atoms with Crippen LogP contribution in [0.5, 0.6) is 0 Å². The number of aromatic nitrogens is 1. The second kappa shape index (κ2) is 6.70.